The number of carbonyl (C=O) groups excluding carboxylic acids is 1. The fourth-order valence-electron chi connectivity index (χ4n) is 1.65. The molecule has 0 radical (unpaired) electrons. The monoisotopic (exact) mass is 307 g/mol. The highest BCUT2D eigenvalue weighted by Gasteiger charge is 2.28. The molecule has 0 aromatic heterocycles. The third kappa shape index (κ3) is 2.79. The molecule has 102 valence electrons. The van der Waals surface area contributed by atoms with E-state index in [0.29, 0.717) is 4.24 Å². The third-order valence-corrected chi connectivity index (χ3v) is 5.03. The molecular formula is C12H9N3O3S2. The first-order chi connectivity index (χ1) is 9.56. The summed E-state index contributed by atoms with van der Waals surface area (Å²) in [6, 6.07) is 7.88. The van der Waals surface area contributed by atoms with Gasteiger partial charge in [0.1, 0.15) is 17.0 Å². The zero-order valence-corrected chi connectivity index (χ0v) is 12.0. The van der Waals surface area contributed by atoms with Crippen molar-refractivity contribution in [2.24, 2.45) is 0 Å². The average molecular weight is 307 g/mol. The lowest BCUT2D eigenvalue weighted by Gasteiger charge is -2.24. The summed E-state index contributed by atoms with van der Waals surface area (Å²) in [4.78, 5) is 22.0. The number of hydrogen-bond donors (Lipinski definition) is 1. The van der Waals surface area contributed by atoms with Crippen LogP contribution in [0.15, 0.2) is 34.1 Å². The predicted molar refractivity (Wildman–Crippen MR) is 77.7 cm³/mol. The second-order valence-corrected chi connectivity index (χ2v) is 5.99. The second kappa shape index (κ2) is 5.98. The second-order valence-electron chi connectivity index (χ2n) is 3.80. The normalized spacial score (nSPS) is 18.4. The molecule has 2 rings (SSSR count). The van der Waals surface area contributed by atoms with E-state index in [9.17, 15) is 14.9 Å². The Morgan fingerprint density at radius 3 is 2.60 bits per heavy atom. The number of nitro benzene ring substituents is 1. The van der Waals surface area contributed by atoms with E-state index >= 15 is 0 Å². The van der Waals surface area contributed by atoms with Gasteiger partial charge in [-0.15, -0.1) is 11.8 Å². The van der Waals surface area contributed by atoms with Crippen molar-refractivity contribution in [3.8, 4) is 6.07 Å². The van der Waals surface area contributed by atoms with Gasteiger partial charge in [-0.1, -0.05) is 11.8 Å². The van der Waals surface area contributed by atoms with Crippen LogP contribution in [-0.2, 0) is 4.79 Å². The van der Waals surface area contributed by atoms with Gasteiger partial charge in [-0.3, -0.25) is 14.9 Å². The van der Waals surface area contributed by atoms with Crippen molar-refractivity contribution in [1.82, 2.24) is 5.32 Å². The minimum Gasteiger partial charge on any atom is -0.335 e. The summed E-state index contributed by atoms with van der Waals surface area (Å²) in [7, 11) is 0. The van der Waals surface area contributed by atoms with E-state index in [2.05, 4.69) is 5.32 Å². The van der Waals surface area contributed by atoms with Crippen molar-refractivity contribution in [3.05, 3.63) is 49.8 Å². The molecule has 1 aromatic carbocycles. The van der Waals surface area contributed by atoms with Crippen molar-refractivity contribution < 1.29 is 9.72 Å². The van der Waals surface area contributed by atoms with Gasteiger partial charge >= 0.3 is 0 Å². The molecule has 1 N–H and O–H groups in total. The van der Waals surface area contributed by atoms with Gasteiger partial charge in [0, 0.05) is 12.1 Å². The summed E-state index contributed by atoms with van der Waals surface area (Å²) in [5.41, 5.74) is 0.859. The van der Waals surface area contributed by atoms with Crippen LogP contribution in [0.2, 0.25) is 0 Å². The number of non-ortho nitro benzene ring substituents is 1. The zero-order chi connectivity index (χ0) is 14.7. The number of nitrogens with one attached hydrogen (secondary N) is 1. The number of amides is 1. The number of thioether (sulfide) groups is 2. The van der Waals surface area contributed by atoms with E-state index in [-0.39, 0.29) is 16.6 Å². The van der Waals surface area contributed by atoms with E-state index in [1.807, 2.05) is 6.07 Å². The minimum atomic E-state index is -0.475. The first kappa shape index (κ1) is 14.4. The summed E-state index contributed by atoms with van der Waals surface area (Å²) < 4.78 is 0.652. The van der Waals surface area contributed by atoms with E-state index in [1.165, 1.54) is 35.7 Å². The highest BCUT2D eigenvalue weighted by Crippen LogP contribution is 2.42. The first-order valence-corrected chi connectivity index (χ1v) is 7.57. The molecule has 0 bridgehead atoms. The molecular weight excluding hydrogens is 298 g/mol. The van der Waals surface area contributed by atoms with E-state index < -0.39 is 10.8 Å². The number of rotatable bonds is 3. The maximum Gasteiger partial charge on any atom is 0.269 e. The van der Waals surface area contributed by atoms with Gasteiger partial charge in [0.05, 0.1) is 9.16 Å². The van der Waals surface area contributed by atoms with E-state index in [4.69, 9.17) is 5.26 Å². The highest BCUT2D eigenvalue weighted by molar-refractivity contribution is 8.22. The molecule has 1 atom stereocenters. The Bertz CT molecular complexity index is 634. The average Bonchev–Trinajstić information content (AvgIpc) is 2.46. The summed E-state index contributed by atoms with van der Waals surface area (Å²) in [6.07, 6.45) is 1.80. The third-order valence-electron chi connectivity index (χ3n) is 2.62. The van der Waals surface area contributed by atoms with E-state index in [0.717, 1.165) is 5.56 Å². The molecule has 0 unspecified atom stereocenters. The Labute approximate surface area is 123 Å². The summed E-state index contributed by atoms with van der Waals surface area (Å²) >= 11 is 2.69. The quantitative estimate of drug-likeness (QED) is 0.681. The van der Waals surface area contributed by atoms with Crippen molar-refractivity contribution in [2.75, 3.05) is 6.26 Å². The van der Waals surface area contributed by atoms with Gasteiger partial charge in [-0.25, -0.2) is 0 Å². The first-order valence-electron chi connectivity index (χ1n) is 5.47. The van der Waals surface area contributed by atoms with E-state index in [1.54, 1.807) is 18.4 Å². The Morgan fingerprint density at radius 2 is 2.10 bits per heavy atom. The molecule has 1 aromatic rings. The molecule has 8 heteroatoms. The number of nitriles is 1. The van der Waals surface area contributed by atoms with Crippen LogP contribution in [0.1, 0.15) is 10.9 Å². The minimum absolute atomic E-state index is 0.000711. The van der Waals surface area contributed by atoms with Crippen LogP contribution in [0.5, 0.6) is 0 Å². The lowest BCUT2D eigenvalue weighted by atomic mass is 10.2. The molecule has 1 aliphatic heterocycles. The Morgan fingerprint density at radius 1 is 1.45 bits per heavy atom. The maximum atomic E-state index is 11.8. The van der Waals surface area contributed by atoms with Gasteiger partial charge in [-0.05, 0) is 24.0 Å². The number of hydrogen-bond acceptors (Lipinski definition) is 6. The van der Waals surface area contributed by atoms with Gasteiger partial charge in [0.2, 0.25) is 0 Å². The molecule has 1 aliphatic rings. The topological polar surface area (TPSA) is 96.0 Å². The lowest BCUT2D eigenvalue weighted by molar-refractivity contribution is -0.384. The molecule has 0 aliphatic carbocycles. The van der Waals surface area contributed by atoms with Crippen LogP contribution in [0.4, 0.5) is 5.69 Å². The standard InChI is InChI=1S/C12H9N3O3S2/c1-19-12-9(6-13)10(16)14-11(20-12)7-2-4-8(5-3-7)15(17)18/h2-5,11H,1H3,(H,14,16)/t11-/m0/s1. The van der Waals surface area contributed by atoms with Crippen LogP contribution in [0.25, 0.3) is 0 Å². The molecule has 0 saturated carbocycles. The van der Waals surface area contributed by atoms with Crippen molar-refractivity contribution >= 4 is 35.1 Å². The molecule has 0 saturated heterocycles. The number of nitro groups is 1. The highest BCUT2D eigenvalue weighted by atomic mass is 32.2. The van der Waals surface area contributed by atoms with Gasteiger partial charge in [-0.2, -0.15) is 5.26 Å². The Kier molecular flexibility index (Phi) is 4.32. The van der Waals surface area contributed by atoms with Gasteiger partial charge < -0.3 is 5.32 Å². The molecule has 0 fully saturated rings. The summed E-state index contributed by atoms with van der Waals surface area (Å²) in [6.45, 7) is 0. The van der Waals surface area contributed by atoms with Gasteiger partial charge in [0.15, 0.2) is 0 Å². The van der Waals surface area contributed by atoms with Crippen LogP contribution in [-0.4, -0.2) is 17.1 Å². The summed E-state index contributed by atoms with van der Waals surface area (Å²) in [5.74, 6) is -0.418. The number of benzene rings is 1. The summed E-state index contributed by atoms with van der Waals surface area (Å²) in [5, 5.41) is 21.9. The molecule has 1 amide bonds. The maximum absolute atomic E-state index is 11.8. The molecule has 20 heavy (non-hydrogen) atoms. The van der Waals surface area contributed by atoms with Crippen LogP contribution >= 0.6 is 23.5 Å². The van der Waals surface area contributed by atoms with Crippen molar-refractivity contribution in [1.29, 1.82) is 5.26 Å². The molecule has 6 nitrogen and oxygen atoms in total. The van der Waals surface area contributed by atoms with Crippen LogP contribution in [0, 0.1) is 21.4 Å². The number of carbonyl (C=O) groups is 1. The molecule has 0 spiro atoms. The zero-order valence-electron chi connectivity index (χ0n) is 10.3. The smallest absolute Gasteiger partial charge is 0.269 e. The van der Waals surface area contributed by atoms with Gasteiger partial charge in [0.25, 0.3) is 11.6 Å². The lowest BCUT2D eigenvalue weighted by Crippen LogP contribution is -2.31. The number of nitrogens with zero attached hydrogens (tertiary/aromatic N) is 2. The Balaban J connectivity index is 2.28. The van der Waals surface area contributed by atoms with Crippen LogP contribution in [0.3, 0.4) is 0 Å². The largest absolute Gasteiger partial charge is 0.335 e. The van der Waals surface area contributed by atoms with Crippen molar-refractivity contribution in [3.63, 3.8) is 0 Å². The molecule has 1 heterocycles. The fourth-order valence-corrected chi connectivity index (χ4v) is 3.59. The fraction of sp³-hybridized carbons (Fsp3) is 0.167. The van der Waals surface area contributed by atoms with Crippen molar-refractivity contribution in [2.45, 2.75) is 5.37 Å². The predicted octanol–water partition coefficient (Wildman–Crippen LogP) is 2.55. The SMILES string of the molecule is CSC1=C(C#N)C(=O)N[C@H](c2ccc([N+](=O)[O-])cc2)S1. The van der Waals surface area contributed by atoms with Crippen LogP contribution < -0.4 is 5.32 Å². The Hall–Kier alpha value is -1.98.